The zero-order valence-electron chi connectivity index (χ0n) is 14.9. The second-order valence-corrected chi connectivity index (χ2v) is 8.48. The molecule has 2 amide bonds. The summed E-state index contributed by atoms with van der Waals surface area (Å²) in [6.07, 6.45) is 0. The summed E-state index contributed by atoms with van der Waals surface area (Å²) in [7, 11) is -3.68. The van der Waals surface area contributed by atoms with Crippen molar-refractivity contribution in [2.24, 2.45) is 5.92 Å². The van der Waals surface area contributed by atoms with Crippen LogP contribution < -0.4 is 5.32 Å². The van der Waals surface area contributed by atoms with E-state index in [1.807, 2.05) is 13.8 Å². The fourth-order valence-electron chi connectivity index (χ4n) is 2.59. The summed E-state index contributed by atoms with van der Waals surface area (Å²) in [6.45, 7) is 7.25. The number of nitrogens with one attached hydrogen (secondary N) is 1. The van der Waals surface area contributed by atoms with Gasteiger partial charge in [0.15, 0.2) is 0 Å². The highest BCUT2D eigenvalue weighted by Crippen LogP contribution is 2.19. The largest absolute Gasteiger partial charge is 0.352 e. The second kappa shape index (κ2) is 7.97. The van der Waals surface area contributed by atoms with Gasteiger partial charge in [0.25, 0.3) is 5.91 Å². The van der Waals surface area contributed by atoms with Crippen molar-refractivity contribution in [3.05, 3.63) is 29.8 Å². The van der Waals surface area contributed by atoms with E-state index in [2.05, 4.69) is 5.32 Å². The van der Waals surface area contributed by atoms with Crippen LogP contribution in [0.2, 0.25) is 0 Å². The Kier molecular flexibility index (Phi) is 6.18. The van der Waals surface area contributed by atoms with Gasteiger partial charge >= 0.3 is 0 Å². The summed E-state index contributed by atoms with van der Waals surface area (Å²) in [6, 6.07) is 6.07. The molecule has 1 fully saturated rings. The van der Waals surface area contributed by atoms with Crippen LogP contribution in [0.3, 0.4) is 0 Å². The molecule has 138 valence electrons. The summed E-state index contributed by atoms with van der Waals surface area (Å²) in [4.78, 5) is 25.3. The van der Waals surface area contributed by atoms with Crippen molar-refractivity contribution in [3.8, 4) is 0 Å². The Morgan fingerprint density at radius 1 is 1.16 bits per heavy atom. The molecule has 0 unspecified atom stereocenters. The van der Waals surface area contributed by atoms with Gasteiger partial charge < -0.3 is 10.2 Å². The van der Waals surface area contributed by atoms with Gasteiger partial charge in [0.05, 0.1) is 4.90 Å². The van der Waals surface area contributed by atoms with Crippen molar-refractivity contribution in [2.75, 3.05) is 32.7 Å². The van der Waals surface area contributed by atoms with E-state index < -0.39 is 10.0 Å². The molecular formula is C17H25N3O4S. The van der Waals surface area contributed by atoms with Gasteiger partial charge in [-0.25, -0.2) is 8.42 Å². The minimum Gasteiger partial charge on any atom is -0.352 e. The first-order valence-electron chi connectivity index (χ1n) is 8.35. The van der Waals surface area contributed by atoms with Crippen LogP contribution in [-0.2, 0) is 14.8 Å². The van der Waals surface area contributed by atoms with Gasteiger partial charge in [0.2, 0.25) is 15.9 Å². The zero-order chi connectivity index (χ0) is 18.6. The Morgan fingerprint density at radius 2 is 1.80 bits per heavy atom. The predicted molar refractivity (Wildman–Crippen MR) is 94.6 cm³/mol. The van der Waals surface area contributed by atoms with E-state index in [-0.39, 0.29) is 29.8 Å². The zero-order valence-corrected chi connectivity index (χ0v) is 15.7. The molecule has 8 heteroatoms. The van der Waals surface area contributed by atoms with Crippen LogP contribution in [0.15, 0.2) is 29.2 Å². The average molecular weight is 367 g/mol. The van der Waals surface area contributed by atoms with Crippen LogP contribution in [0.5, 0.6) is 0 Å². The van der Waals surface area contributed by atoms with Crippen LogP contribution in [0, 0.1) is 5.92 Å². The highest BCUT2D eigenvalue weighted by atomic mass is 32.2. The van der Waals surface area contributed by atoms with Crippen molar-refractivity contribution in [1.29, 1.82) is 0 Å². The van der Waals surface area contributed by atoms with Crippen molar-refractivity contribution < 1.29 is 18.0 Å². The summed E-state index contributed by atoms with van der Waals surface area (Å²) < 4.78 is 26.9. The smallest absolute Gasteiger partial charge is 0.251 e. The number of hydrogen-bond donors (Lipinski definition) is 1. The third-order valence-corrected chi connectivity index (χ3v) is 5.98. The minimum absolute atomic E-state index is 0.0548. The molecule has 7 nitrogen and oxygen atoms in total. The second-order valence-electron chi connectivity index (χ2n) is 6.54. The minimum atomic E-state index is -3.68. The molecule has 1 aliphatic rings. The fourth-order valence-corrected chi connectivity index (χ4v) is 4.06. The van der Waals surface area contributed by atoms with E-state index in [4.69, 9.17) is 0 Å². The van der Waals surface area contributed by atoms with E-state index in [1.165, 1.54) is 23.4 Å². The Bertz CT molecular complexity index is 738. The van der Waals surface area contributed by atoms with Crippen LogP contribution >= 0.6 is 0 Å². The van der Waals surface area contributed by atoms with E-state index in [0.717, 1.165) is 0 Å². The van der Waals surface area contributed by atoms with Gasteiger partial charge in [-0.1, -0.05) is 19.9 Å². The number of carbonyl (C=O) groups excluding carboxylic acids is 2. The predicted octanol–water partition coefficient (Wildman–Crippen LogP) is 0.925. The lowest BCUT2D eigenvalue weighted by Gasteiger charge is -2.33. The maximum atomic E-state index is 12.8. The Labute approximate surface area is 149 Å². The van der Waals surface area contributed by atoms with Crippen LogP contribution in [0.1, 0.15) is 31.1 Å². The molecule has 1 heterocycles. The van der Waals surface area contributed by atoms with Crippen molar-refractivity contribution in [1.82, 2.24) is 14.5 Å². The van der Waals surface area contributed by atoms with E-state index >= 15 is 0 Å². The molecule has 1 aromatic rings. The number of sulfonamides is 1. The lowest BCUT2D eigenvalue weighted by atomic mass is 10.2. The SMILES string of the molecule is CC(=O)N1CCN(S(=O)(=O)c2cccc(C(=O)NCC(C)C)c2)CC1. The third-order valence-electron chi connectivity index (χ3n) is 4.09. The standard InChI is InChI=1S/C17H25N3O4S/c1-13(2)12-18-17(22)15-5-4-6-16(11-15)25(23,24)20-9-7-19(8-10-20)14(3)21/h4-6,11,13H,7-10,12H2,1-3H3,(H,18,22). The number of amides is 2. The fraction of sp³-hybridized carbons (Fsp3) is 0.529. The molecule has 1 aliphatic heterocycles. The molecule has 0 aliphatic carbocycles. The molecule has 0 bridgehead atoms. The lowest BCUT2D eigenvalue weighted by molar-refractivity contribution is -0.129. The topological polar surface area (TPSA) is 86.8 Å². The molecule has 0 atom stereocenters. The quantitative estimate of drug-likeness (QED) is 0.839. The van der Waals surface area contributed by atoms with E-state index in [9.17, 15) is 18.0 Å². The first kappa shape index (κ1) is 19.4. The molecule has 1 saturated heterocycles. The maximum Gasteiger partial charge on any atom is 0.251 e. The van der Waals surface area contributed by atoms with Crippen molar-refractivity contribution in [2.45, 2.75) is 25.7 Å². The van der Waals surface area contributed by atoms with Crippen LogP contribution in [0.4, 0.5) is 0 Å². The molecule has 0 aromatic heterocycles. The van der Waals surface area contributed by atoms with Gasteiger partial charge in [-0.05, 0) is 24.1 Å². The highest BCUT2D eigenvalue weighted by molar-refractivity contribution is 7.89. The normalized spacial score (nSPS) is 16.1. The molecular weight excluding hydrogens is 342 g/mol. The number of nitrogens with zero attached hydrogens (tertiary/aromatic N) is 2. The van der Waals surface area contributed by atoms with Crippen molar-refractivity contribution in [3.63, 3.8) is 0 Å². The van der Waals surface area contributed by atoms with Crippen LogP contribution in [0.25, 0.3) is 0 Å². The number of rotatable bonds is 5. The Morgan fingerprint density at radius 3 is 2.36 bits per heavy atom. The lowest BCUT2D eigenvalue weighted by Crippen LogP contribution is -2.49. The number of benzene rings is 1. The summed E-state index contributed by atoms with van der Waals surface area (Å²) >= 11 is 0. The van der Waals surface area contributed by atoms with Gasteiger partial charge in [-0.3, -0.25) is 9.59 Å². The first-order chi connectivity index (χ1) is 11.7. The maximum absolute atomic E-state index is 12.8. The Hall–Kier alpha value is -1.93. The number of hydrogen-bond acceptors (Lipinski definition) is 4. The highest BCUT2D eigenvalue weighted by Gasteiger charge is 2.29. The van der Waals surface area contributed by atoms with Gasteiger partial charge in [0, 0.05) is 45.2 Å². The third kappa shape index (κ3) is 4.79. The summed E-state index contributed by atoms with van der Waals surface area (Å²) in [5, 5.41) is 2.78. The Balaban J connectivity index is 2.13. The molecule has 2 rings (SSSR count). The van der Waals surface area contributed by atoms with Gasteiger partial charge in [-0.2, -0.15) is 4.31 Å². The average Bonchev–Trinajstić information content (AvgIpc) is 2.59. The first-order valence-corrected chi connectivity index (χ1v) is 9.79. The molecule has 0 radical (unpaired) electrons. The van der Waals surface area contributed by atoms with Gasteiger partial charge in [0.1, 0.15) is 0 Å². The monoisotopic (exact) mass is 367 g/mol. The van der Waals surface area contributed by atoms with Gasteiger partial charge in [-0.15, -0.1) is 0 Å². The van der Waals surface area contributed by atoms with E-state index in [1.54, 1.807) is 17.0 Å². The van der Waals surface area contributed by atoms with Crippen LogP contribution in [-0.4, -0.2) is 62.2 Å². The summed E-state index contributed by atoms with van der Waals surface area (Å²) in [5.74, 6) is -0.0264. The number of piperazine rings is 1. The molecule has 0 spiro atoms. The molecule has 1 N–H and O–H groups in total. The summed E-state index contributed by atoms with van der Waals surface area (Å²) in [5.41, 5.74) is 0.323. The molecule has 25 heavy (non-hydrogen) atoms. The number of carbonyl (C=O) groups is 2. The molecule has 1 aromatic carbocycles. The molecule has 0 saturated carbocycles. The van der Waals surface area contributed by atoms with Crippen molar-refractivity contribution >= 4 is 21.8 Å². The van der Waals surface area contributed by atoms with E-state index in [0.29, 0.717) is 31.1 Å².